The average molecular weight is 436 g/mol. The lowest BCUT2D eigenvalue weighted by atomic mass is 9.94. The molecule has 0 bridgehead atoms. The molecular weight excluding hydrogens is 402 g/mol. The molecule has 2 saturated heterocycles. The van der Waals surface area contributed by atoms with Gasteiger partial charge in [0.25, 0.3) is 0 Å². The van der Waals surface area contributed by atoms with Gasteiger partial charge in [0.05, 0.1) is 19.8 Å². The molecule has 0 amide bonds. The number of carbonyl (C=O) groups excluding carboxylic acids is 2. The van der Waals surface area contributed by atoms with Gasteiger partial charge in [0, 0.05) is 0 Å². The minimum absolute atomic E-state index is 0.0400. The Labute approximate surface area is 179 Å². The summed E-state index contributed by atoms with van der Waals surface area (Å²) >= 11 is 0. The molecule has 0 spiro atoms. The molecule has 8 heteroatoms. The van der Waals surface area contributed by atoms with Gasteiger partial charge in [-0.1, -0.05) is 51.1 Å². The second-order valence-corrected chi connectivity index (χ2v) is 14.2. The molecule has 3 rings (SSSR count). The maximum atomic E-state index is 12.7. The van der Waals surface area contributed by atoms with Crippen molar-refractivity contribution in [2.24, 2.45) is 5.92 Å². The fourth-order valence-electron chi connectivity index (χ4n) is 3.53. The van der Waals surface area contributed by atoms with Crippen LogP contribution >= 0.6 is 0 Å². The third-order valence-corrected chi connectivity index (χ3v) is 10.8. The summed E-state index contributed by atoms with van der Waals surface area (Å²) in [5, 5.41) is 1.61. The van der Waals surface area contributed by atoms with Gasteiger partial charge in [0.2, 0.25) is 0 Å². The zero-order chi connectivity index (χ0) is 22.1. The van der Waals surface area contributed by atoms with Crippen LogP contribution in [0.25, 0.3) is 0 Å². The van der Waals surface area contributed by atoms with Crippen LogP contribution < -0.4 is 0 Å². The van der Waals surface area contributed by atoms with Gasteiger partial charge in [0.15, 0.2) is 14.4 Å². The Morgan fingerprint density at radius 2 is 1.87 bits per heavy atom. The van der Waals surface area contributed by atoms with Crippen molar-refractivity contribution in [2.45, 2.75) is 70.6 Å². The Bertz CT molecular complexity index is 763. The van der Waals surface area contributed by atoms with E-state index in [0.29, 0.717) is 6.54 Å². The summed E-state index contributed by atoms with van der Waals surface area (Å²) in [7, 11) is -2.02. The van der Waals surface area contributed by atoms with Crippen molar-refractivity contribution < 1.29 is 28.3 Å². The molecule has 0 saturated carbocycles. The van der Waals surface area contributed by atoms with Crippen molar-refractivity contribution in [3.05, 3.63) is 35.9 Å². The van der Waals surface area contributed by atoms with Crippen molar-refractivity contribution in [3.63, 3.8) is 0 Å². The number of fused-ring (bicyclic) bond motifs is 1. The van der Waals surface area contributed by atoms with Gasteiger partial charge >= 0.3 is 11.9 Å². The van der Waals surface area contributed by atoms with E-state index < -0.39 is 44.4 Å². The average Bonchev–Trinajstić information content (AvgIpc) is 3.17. The lowest BCUT2D eigenvalue weighted by Gasteiger charge is -2.37. The quantitative estimate of drug-likeness (QED) is 0.480. The highest BCUT2D eigenvalue weighted by molar-refractivity contribution is 6.74. The van der Waals surface area contributed by atoms with E-state index in [4.69, 9.17) is 18.7 Å². The van der Waals surface area contributed by atoms with Gasteiger partial charge in [-0.2, -0.15) is 5.06 Å². The van der Waals surface area contributed by atoms with E-state index >= 15 is 0 Å². The van der Waals surface area contributed by atoms with Gasteiger partial charge < -0.3 is 13.9 Å². The summed E-state index contributed by atoms with van der Waals surface area (Å²) in [6, 6.07) is 8.86. The minimum atomic E-state index is -2.02. The summed E-state index contributed by atoms with van der Waals surface area (Å²) in [4.78, 5) is 31.6. The van der Waals surface area contributed by atoms with E-state index in [9.17, 15) is 9.59 Å². The molecule has 0 unspecified atom stereocenters. The Morgan fingerprint density at radius 3 is 2.47 bits per heavy atom. The number of esters is 2. The lowest BCUT2D eigenvalue weighted by molar-refractivity contribution is -0.204. The first-order valence-corrected chi connectivity index (χ1v) is 13.4. The molecule has 7 nitrogen and oxygen atoms in total. The largest absolute Gasteiger partial charge is 0.465 e. The lowest BCUT2D eigenvalue weighted by Crippen LogP contribution is -2.44. The highest BCUT2D eigenvalue weighted by atomic mass is 28.4. The van der Waals surface area contributed by atoms with Crippen LogP contribution in [0, 0.1) is 5.92 Å². The number of hydrogen-bond donors (Lipinski definition) is 0. The van der Waals surface area contributed by atoms with E-state index in [2.05, 4.69) is 33.9 Å². The van der Waals surface area contributed by atoms with Crippen LogP contribution in [0.5, 0.6) is 0 Å². The first-order chi connectivity index (χ1) is 14.0. The molecule has 1 aromatic rings. The number of benzene rings is 1. The van der Waals surface area contributed by atoms with E-state index in [0.717, 1.165) is 5.56 Å². The first kappa shape index (κ1) is 22.9. The number of carbonyl (C=O) groups is 2. The van der Waals surface area contributed by atoms with E-state index in [-0.39, 0.29) is 18.3 Å². The monoisotopic (exact) mass is 435 g/mol. The highest BCUT2D eigenvalue weighted by Crippen LogP contribution is 2.41. The summed E-state index contributed by atoms with van der Waals surface area (Å²) in [6.07, 6.45) is -1.12. The Morgan fingerprint density at radius 1 is 1.20 bits per heavy atom. The zero-order valence-electron chi connectivity index (χ0n) is 18.7. The predicted molar refractivity (Wildman–Crippen MR) is 114 cm³/mol. The summed E-state index contributed by atoms with van der Waals surface area (Å²) in [5.41, 5.74) is 0.981. The first-order valence-electron chi connectivity index (χ1n) is 10.5. The normalized spacial score (nSPS) is 27.1. The number of rotatable bonds is 7. The van der Waals surface area contributed by atoms with Crippen molar-refractivity contribution >= 4 is 20.3 Å². The Hall–Kier alpha value is -1.74. The summed E-state index contributed by atoms with van der Waals surface area (Å²) < 4.78 is 17.1. The Kier molecular flexibility index (Phi) is 6.71. The number of hydroxylamine groups is 2. The van der Waals surface area contributed by atoms with Crippen LogP contribution in [0.4, 0.5) is 0 Å². The van der Waals surface area contributed by atoms with Crippen molar-refractivity contribution in [1.29, 1.82) is 0 Å². The van der Waals surface area contributed by atoms with Gasteiger partial charge in [0.1, 0.15) is 18.1 Å². The number of ether oxygens (including phenoxy) is 2. The maximum Gasteiger partial charge on any atom is 0.326 e. The SMILES string of the molecule is CCOC(=O)[C@@H]1[C@H]2C(=O)O[C@H](CO[Si](C)(C)C(C)(C)C)[C@H]2ON1Cc1ccccc1. The van der Waals surface area contributed by atoms with Gasteiger partial charge in [-0.25, -0.2) is 0 Å². The minimum Gasteiger partial charge on any atom is -0.465 e. The van der Waals surface area contributed by atoms with Gasteiger partial charge in [-0.05, 0) is 30.6 Å². The molecule has 166 valence electrons. The number of cyclic esters (lactones) is 1. The van der Waals surface area contributed by atoms with Gasteiger partial charge in [-0.3, -0.25) is 14.4 Å². The van der Waals surface area contributed by atoms with E-state index in [1.807, 2.05) is 30.3 Å². The van der Waals surface area contributed by atoms with Crippen LogP contribution in [0.2, 0.25) is 18.1 Å². The molecule has 2 fully saturated rings. The third-order valence-electron chi connectivity index (χ3n) is 6.29. The van der Waals surface area contributed by atoms with Crippen LogP contribution in [0.3, 0.4) is 0 Å². The Balaban J connectivity index is 1.78. The molecule has 4 atom stereocenters. The zero-order valence-corrected chi connectivity index (χ0v) is 19.7. The van der Waals surface area contributed by atoms with Crippen molar-refractivity contribution in [3.8, 4) is 0 Å². The van der Waals surface area contributed by atoms with Crippen molar-refractivity contribution in [1.82, 2.24) is 5.06 Å². The fraction of sp³-hybridized carbons (Fsp3) is 0.636. The molecule has 2 aliphatic rings. The number of nitrogens with zero attached hydrogens (tertiary/aromatic N) is 1. The molecule has 0 N–H and O–H groups in total. The molecule has 30 heavy (non-hydrogen) atoms. The van der Waals surface area contributed by atoms with Crippen LogP contribution in [-0.4, -0.2) is 56.8 Å². The molecule has 2 heterocycles. The topological polar surface area (TPSA) is 74.3 Å². The van der Waals surface area contributed by atoms with E-state index in [1.165, 1.54) is 0 Å². The molecule has 0 radical (unpaired) electrons. The smallest absolute Gasteiger partial charge is 0.326 e. The molecule has 2 aliphatic heterocycles. The highest BCUT2D eigenvalue weighted by Gasteiger charge is 2.60. The molecular formula is C22H33NO6Si. The molecule has 1 aromatic carbocycles. The maximum absolute atomic E-state index is 12.7. The van der Waals surface area contributed by atoms with Crippen molar-refractivity contribution in [2.75, 3.05) is 13.2 Å². The summed E-state index contributed by atoms with van der Waals surface area (Å²) in [6.45, 7) is 13.4. The second-order valence-electron chi connectivity index (χ2n) is 9.40. The second kappa shape index (κ2) is 8.78. The van der Waals surface area contributed by atoms with Crippen LogP contribution in [-0.2, 0) is 34.9 Å². The molecule has 0 aliphatic carbocycles. The van der Waals surface area contributed by atoms with E-state index in [1.54, 1.807) is 12.0 Å². The molecule has 0 aromatic heterocycles. The predicted octanol–water partition coefficient (Wildman–Crippen LogP) is 3.30. The van der Waals surface area contributed by atoms with Gasteiger partial charge in [-0.15, -0.1) is 0 Å². The summed E-state index contributed by atoms with van der Waals surface area (Å²) in [5.74, 6) is -1.62. The number of hydrogen-bond acceptors (Lipinski definition) is 7. The third kappa shape index (κ3) is 4.61. The van der Waals surface area contributed by atoms with Crippen LogP contribution in [0.15, 0.2) is 30.3 Å². The van der Waals surface area contributed by atoms with Crippen LogP contribution in [0.1, 0.15) is 33.3 Å². The fourth-order valence-corrected chi connectivity index (χ4v) is 4.54. The standard InChI is InChI=1S/C22H33NO6Si/c1-7-26-21(25)18-17-19(29-23(18)13-15-11-9-8-10-12-15)16(28-20(17)24)14-27-30(5,6)22(2,3)4/h8-12,16-19H,7,13-14H2,1-6H3/t16-,17-,18+,19-/m1/s1.